The first-order valence-electron chi connectivity index (χ1n) is 7.08. The molecule has 0 spiro atoms. The Bertz CT molecular complexity index is 562. The first-order chi connectivity index (χ1) is 9.28. The Morgan fingerprint density at radius 1 is 1.42 bits per heavy atom. The summed E-state index contributed by atoms with van der Waals surface area (Å²) in [6, 6.07) is 6.66. The molecular weight excluding hydrogens is 238 g/mol. The van der Waals surface area contributed by atoms with Crippen molar-refractivity contribution in [3.8, 4) is 0 Å². The van der Waals surface area contributed by atoms with E-state index in [1.54, 1.807) is 0 Å². The van der Waals surface area contributed by atoms with Crippen molar-refractivity contribution in [2.45, 2.75) is 32.7 Å². The molecule has 1 fully saturated rings. The highest BCUT2D eigenvalue weighted by molar-refractivity contribution is 5.44. The number of rotatable bonds is 4. The Labute approximate surface area is 113 Å². The largest absolute Gasteiger partial charge is 0.351 e. The number of anilines is 1. The minimum atomic E-state index is 0.623. The maximum absolute atomic E-state index is 4.51. The number of nitrogens with one attached hydrogen (secondary N) is 1. The fourth-order valence-corrected chi connectivity index (χ4v) is 2.86. The molecule has 1 N–H and O–H groups in total. The summed E-state index contributed by atoms with van der Waals surface area (Å²) >= 11 is 0. The molecule has 1 saturated heterocycles. The summed E-state index contributed by atoms with van der Waals surface area (Å²) in [7, 11) is 0. The van der Waals surface area contributed by atoms with Crippen LogP contribution in [0.25, 0.3) is 5.65 Å². The van der Waals surface area contributed by atoms with Gasteiger partial charge in [-0.15, -0.1) is 5.10 Å². The van der Waals surface area contributed by atoms with Crippen molar-refractivity contribution in [1.29, 1.82) is 0 Å². The van der Waals surface area contributed by atoms with Crippen molar-refractivity contribution >= 4 is 11.6 Å². The molecule has 0 saturated carbocycles. The molecule has 2 aromatic rings. The zero-order chi connectivity index (χ0) is 13.2. The predicted octanol–water partition coefficient (Wildman–Crippen LogP) is 1.93. The van der Waals surface area contributed by atoms with E-state index in [9.17, 15) is 0 Å². The first kappa shape index (κ1) is 12.4. The van der Waals surface area contributed by atoms with Crippen LogP contribution < -0.4 is 5.32 Å². The molecule has 0 aromatic carbocycles. The van der Waals surface area contributed by atoms with Crippen molar-refractivity contribution in [3.05, 3.63) is 23.9 Å². The zero-order valence-corrected chi connectivity index (χ0v) is 11.6. The van der Waals surface area contributed by atoms with Crippen molar-refractivity contribution in [3.63, 3.8) is 0 Å². The van der Waals surface area contributed by atoms with Gasteiger partial charge >= 0.3 is 0 Å². The maximum atomic E-state index is 4.51. The van der Waals surface area contributed by atoms with Gasteiger partial charge in [-0.2, -0.15) is 4.98 Å². The molecule has 1 atom stereocenters. The number of hydrogen-bond acceptors (Lipinski definition) is 4. The van der Waals surface area contributed by atoms with Gasteiger partial charge in [-0.05, 0) is 45.0 Å². The van der Waals surface area contributed by atoms with Gasteiger partial charge in [0.05, 0.1) is 0 Å². The molecule has 2 aromatic heterocycles. The van der Waals surface area contributed by atoms with Gasteiger partial charge in [0.2, 0.25) is 5.95 Å². The highest BCUT2D eigenvalue weighted by atomic mass is 15.4. The minimum Gasteiger partial charge on any atom is -0.351 e. The van der Waals surface area contributed by atoms with Gasteiger partial charge in [-0.3, -0.25) is 4.90 Å². The smallest absolute Gasteiger partial charge is 0.243 e. The lowest BCUT2D eigenvalue weighted by atomic mass is 10.2. The Balaban J connectivity index is 1.70. The summed E-state index contributed by atoms with van der Waals surface area (Å²) in [6.07, 6.45) is 2.57. The standard InChI is InChI=1S/C14H21N5/c1-3-18-9-5-7-12(18)10-15-14-16-13-8-4-6-11(2)19(13)17-14/h4,6,8,12H,3,5,7,9-10H2,1-2H3,(H,15,17). The molecule has 3 rings (SSSR count). The van der Waals surface area contributed by atoms with Gasteiger partial charge in [0.1, 0.15) is 0 Å². The summed E-state index contributed by atoms with van der Waals surface area (Å²) in [5.41, 5.74) is 2.01. The third-order valence-corrected chi connectivity index (χ3v) is 3.95. The van der Waals surface area contributed by atoms with Crippen LogP contribution in [0.2, 0.25) is 0 Å². The molecular formula is C14H21N5. The number of aromatic nitrogens is 3. The van der Waals surface area contributed by atoms with Crippen molar-refractivity contribution in [2.75, 3.05) is 25.0 Å². The third kappa shape index (κ3) is 2.42. The number of fused-ring (bicyclic) bond motifs is 1. The fraction of sp³-hybridized carbons (Fsp3) is 0.571. The second-order valence-corrected chi connectivity index (χ2v) is 5.18. The van der Waals surface area contributed by atoms with Gasteiger partial charge in [0.25, 0.3) is 0 Å². The molecule has 5 nitrogen and oxygen atoms in total. The summed E-state index contributed by atoms with van der Waals surface area (Å²) < 4.78 is 1.88. The topological polar surface area (TPSA) is 45.5 Å². The maximum Gasteiger partial charge on any atom is 0.243 e. The van der Waals surface area contributed by atoms with E-state index in [4.69, 9.17) is 0 Å². The Kier molecular flexibility index (Phi) is 3.38. The average molecular weight is 259 g/mol. The summed E-state index contributed by atoms with van der Waals surface area (Å²) in [4.78, 5) is 7.03. The highest BCUT2D eigenvalue weighted by Gasteiger charge is 2.22. The third-order valence-electron chi connectivity index (χ3n) is 3.95. The molecule has 19 heavy (non-hydrogen) atoms. The molecule has 1 unspecified atom stereocenters. The molecule has 3 heterocycles. The predicted molar refractivity (Wildman–Crippen MR) is 76.5 cm³/mol. The number of likely N-dealkylation sites (tertiary alicyclic amines) is 1. The number of nitrogens with zero attached hydrogens (tertiary/aromatic N) is 4. The molecule has 0 aliphatic carbocycles. The lowest BCUT2D eigenvalue weighted by Crippen LogP contribution is -2.34. The lowest BCUT2D eigenvalue weighted by Gasteiger charge is -2.22. The van der Waals surface area contributed by atoms with Gasteiger partial charge in [0, 0.05) is 18.3 Å². The van der Waals surface area contributed by atoms with Crippen LogP contribution in [0.15, 0.2) is 18.2 Å². The monoisotopic (exact) mass is 259 g/mol. The molecule has 0 bridgehead atoms. The van der Waals surface area contributed by atoms with Crippen molar-refractivity contribution in [2.24, 2.45) is 0 Å². The summed E-state index contributed by atoms with van der Waals surface area (Å²) in [5.74, 6) is 0.734. The van der Waals surface area contributed by atoms with Gasteiger partial charge in [-0.1, -0.05) is 13.0 Å². The van der Waals surface area contributed by atoms with Crippen LogP contribution in [-0.2, 0) is 0 Å². The number of hydrogen-bond donors (Lipinski definition) is 1. The van der Waals surface area contributed by atoms with Crippen LogP contribution in [0.4, 0.5) is 5.95 Å². The van der Waals surface area contributed by atoms with Gasteiger partial charge in [-0.25, -0.2) is 4.52 Å². The van der Waals surface area contributed by atoms with E-state index < -0.39 is 0 Å². The molecule has 1 aliphatic heterocycles. The number of pyridine rings is 1. The second-order valence-electron chi connectivity index (χ2n) is 5.18. The van der Waals surface area contributed by atoms with Crippen molar-refractivity contribution < 1.29 is 0 Å². The SMILES string of the molecule is CCN1CCCC1CNc1nc2cccc(C)n2n1. The Hall–Kier alpha value is -1.62. The Morgan fingerprint density at radius 2 is 2.32 bits per heavy atom. The van der Waals surface area contributed by atoms with Crippen LogP contribution >= 0.6 is 0 Å². The van der Waals surface area contributed by atoms with Crippen LogP contribution in [0.5, 0.6) is 0 Å². The van der Waals surface area contributed by atoms with E-state index >= 15 is 0 Å². The van der Waals surface area contributed by atoms with E-state index in [1.807, 2.05) is 29.6 Å². The molecule has 0 radical (unpaired) electrons. The lowest BCUT2D eigenvalue weighted by molar-refractivity contribution is 0.277. The van der Waals surface area contributed by atoms with E-state index in [-0.39, 0.29) is 0 Å². The second kappa shape index (κ2) is 5.17. The Morgan fingerprint density at radius 3 is 3.11 bits per heavy atom. The van der Waals surface area contributed by atoms with E-state index in [1.165, 1.54) is 19.4 Å². The van der Waals surface area contributed by atoms with Crippen LogP contribution in [0.1, 0.15) is 25.5 Å². The molecule has 102 valence electrons. The molecule has 0 amide bonds. The van der Waals surface area contributed by atoms with Crippen LogP contribution in [0.3, 0.4) is 0 Å². The quantitative estimate of drug-likeness (QED) is 0.911. The van der Waals surface area contributed by atoms with Crippen LogP contribution in [0, 0.1) is 6.92 Å². The van der Waals surface area contributed by atoms with E-state index in [2.05, 4.69) is 27.2 Å². The first-order valence-corrected chi connectivity index (χ1v) is 7.08. The fourth-order valence-electron chi connectivity index (χ4n) is 2.86. The van der Waals surface area contributed by atoms with Gasteiger partial charge < -0.3 is 5.32 Å². The number of likely N-dealkylation sites (N-methyl/N-ethyl adjacent to an activating group) is 1. The minimum absolute atomic E-state index is 0.623. The molecule has 5 heteroatoms. The number of aryl methyl sites for hydroxylation is 1. The van der Waals surface area contributed by atoms with Crippen molar-refractivity contribution in [1.82, 2.24) is 19.5 Å². The van der Waals surface area contributed by atoms with Crippen LogP contribution in [-0.4, -0.2) is 45.2 Å². The van der Waals surface area contributed by atoms with E-state index in [0.29, 0.717) is 6.04 Å². The summed E-state index contributed by atoms with van der Waals surface area (Å²) in [5, 5.41) is 7.88. The normalized spacial score (nSPS) is 20.2. The van der Waals surface area contributed by atoms with E-state index in [0.717, 1.165) is 30.4 Å². The average Bonchev–Trinajstić information content (AvgIpc) is 3.02. The van der Waals surface area contributed by atoms with Gasteiger partial charge in [0.15, 0.2) is 5.65 Å². The molecule has 1 aliphatic rings. The highest BCUT2D eigenvalue weighted by Crippen LogP contribution is 2.17. The zero-order valence-electron chi connectivity index (χ0n) is 11.6. The summed E-state index contributed by atoms with van der Waals surface area (Å²) in [6.45, 7) is 7.56.